The van der Waals surface area contributed by atoms with E-state index in [9.17, 15) is 14.7 Å². The van der Waals surface area contributed by atoms with Crippen LogP contribution in [0.5, 0.6) is 5.75 Å². The van der Waals surface area contributed by atoms with Gasteiger partial charge in [0.1, 0.15) is 22.8 Å². The quantitative estimate of drug-likeness (QED) is 0.912. The van der Waals surface area contributed by atoms with Crippen LogP contribution in [-0.4, -0.2) is 46.6 Å². The third kappa shape index (κ3) is 4.10. The zero-order valence-corrected chi connectivity index (χ0v) is 14.4. The summed E-state index contributed by atoms with van der Waals surface area (Å²) in [7, 11) is 1.56. The first-order valence-electron chi connectivity index (χ1n) is 7.22. The van der Waals surface area contributed by atoms with Crippen molar-refractivity contribution >= 4 is 23.8 Å². The molecule has 0 saturated carbocycles. The van der Waals surface area contributed by atoms with Gasteiger partial charge in [-0.25, -0.2) is 9.59 Å². The number of methoxy groups -OCH3 is 1. The van der Waals surface area contributed by atoms with Gasteiger partial charge < -0.3 is 14.6 Å². The van der Waals surface area contributed by atoms with Crippen LogP contribution < -0.4 is 4.74 Å². The second-order valence-corrected chi connectivity index (χ2v) is 7.32. The summed E-state index contributed by atoms with van der Waals surface area (Å²) < 4.78 is 10.6. The number of hydrogen-bond acceptors (Lipinski definition) is 5. The second kappa shape index (κ2) is 6.70. The fourth-order valence-corrected chi connectivity index (χ4v) is 3.69. The predicted molar refractivity (Wildman–Crippen MR) is 87.7 cm³/mol. The number of nitrogens with zero attached hydrogens (tertiary/aromatic N) is 1. The number of carboxylic acids is 1. The van der Waals surface area contributed by atoms with Gasteiger partial charge in [-0.2, -0.15) is 0 Å². The lowest BCUT2D eigenvalue weighted by Crippen LogP contribution is -2.45. The molecule has 0 radical (unpaired) electrons. The van der Waals surface area contributed by atoms with E-state index in [0.717, 1.165) is 5.56 Å². The highest BCUT2D eigenvalue weighted by molar-refractivity contribution is 7.99. The maximum Gasteiger partial charge on any atom is 0.412 e. The minimum atomic E-state index is -1.03. The summed E-state index contributed by atoms with van der Waals surface area (Å²) in [5.41, 5.74) is 0.121. The number of carbonyl (C=O) groups excluding carboxylic acids is 1. The summed E-state index contributed by atoms with van der Waals surface area (Å²) in [4.78, 5) is 25.3. The Balaban J connectivity index is 2.33. The normalized spacial score (nSPS) is 21.1. The van der Waals surface area contributed by atoms with Gasteiger partial charge in [0.2, 0.25) is 0 Å². The molecule has 1 aliphatic rings. The van der Waals surface area contributed by atoms with Gasteiger partial charge in [0, 0.05) is 5.75 Å². The predicted octanol–water partition coefficient (Wildman–Crippen LogP) is 3.13. The van der Waals surface area contributed by atoms with Crippen molar-refractivity contribution in [1.82, 2.24) is 4.90 Å². The van der Waals surface area contributed by atoms with Crippen LogP contribution in [0.4, 0.5) is 4.79 Å². The molecule has 7 heteroatoms. The summed E-state index contributed by atoms with van der Waals surface area (Å²) in [6.07, 6.45) is -0.622. The SMILES string of the molecule is COc1cccc([C@@H]2SC[C@H](C(=O)O)N2C(=O)OC(C)(C)C)c1. The summed E-state index contributed by atoms with van der Waals surface area (Å²) in [5, 5.41) is 8.99. The van der Waals surface area contributed by atoms with E-state index < -0.39 is 29.1 Å². The molecule has 1 aliphatic heterocycles. The van der Waals surface area contributed by atoms with E-state index >= 15 is 0 Å². The summed E-state index contributed by atoms with van der Waals surface area (Å²) >= 11 is 1.40. The van der Waals surface area contributed by atoms with Gasteiger partial charge in [-0.3, -0.25) is 4.90 Å². The second-order valence-electron chi connectivity index (χ2n) is 6.20. The third-order valence-electron chi connectivity index (χ3n) is 3.27. The first kappa shape index (κ1) is 17.5. The molecule has 0 aliphatic carbocycles. The molecule has 1 amide bonds. The first-order chi connectivity index (χ1) is 10.7. The lowest BCUT2D eigenvalue weighted by atomic mass is 10.1. The number of carbonyl (C=O) groups is 2. The standard InChI is InChI=1S/C16H21NO5S/c1-16(2,3)22-15(20)17-12(14(18)19)9-23-13(17)10-6-5-7-11(8-10)21-4/h5-8,12-13H,9H2,1-4H3,(H,18,19)/t12-,13+/m1/s1. The van der Waals surface area contributed by atoms with Crippen LogP contribution in [0.15, 0.2) is 24.3 Å². The Kier molecular flexibility index (Phi) is 5.09. The van der Waals surface area contributed by atoms with E-state index in [-0.39, 0.29) is 0 Å². The number of carboxylic acid groups (broad SMARTS) is 1. The van der Waals surface area contributed by atoms with E-state index in [1.807, 2.05) is 12.1 Å². The molecule has 6 nitrogen and oxygen atoms in total. The number of benzene rings is 1. The number of aliphatic carboxylic acids is 1. The highest BCUT2D eigenvalue weighted by Gasteiger charge is 2.44. The van der Waals surface area contributed by atoms with E-state index in [4.69, 9.17) is 9.47 Å². The summed E-state index contributed by atoms with van der Waals surface area (Å²) in [5.74, 6) is -0.0593. The zero-order chi connectivity index (χ0) is 17.2. The van der Waals surface area contributed by atoms with Gasteiger partial charge in [0.05, 0.1) is 7.11 Å². The Bertz CT molecular complexity index is 598. The number of hydrogen-bond donors (Lipinski definition) is 1. The van der Waals surface area contributed by atoms with E-state index in [1.165, 1.54) is 16.7 Å². The van der Waals surface area contributed by atoms with Gasteiger partial charge in [0.25, 0.3) is 0 Å². The van der Waals surface area contributed by atoms with Crippen molar-refractivity contribution in [2.45, 2.75) is 37.8 Å². The van der Waals surface area contributed by atoms with Gasteiger partial charge in [-0.15, -0.1) is 11.8 Å². The Hall–Kier alpha value is -1.89. The molecule has 0 spiro atoms. The van der Waals surface area contributed by atoms with E-state index in [2.05, 4.69) is 0 Å². The number of amides is 1. The van der Waals surface area contributed by atoms with Gasteiger partial charge in [0.15, 0.2) is 0 Å². The molecular formula is C16H21NO5S. The zero-order valence-electron chi connectivity index (χ0n) is 13.6. The van der Waals surface area contributed by atoms with Crippen molar-refractivity contribution < 1.29 is 24.2 Å². The largest absolute Gasteiger partial charge is 0.497 e. The maximum atomic E-state index is 12.5. The molecule has 1 aromatic rings. The minimum absolute atomic E-state index is 0.316. The molecule has 1 fully saturated rings. The Morgan fingerprint density at radius 3 is 2.61 bits per heavy atom. The van der Waals surface area contributed by atoms with Gasteiger partial charge in [-0.05, 0) is 38.5 Å². The molecule has 0 unspecified atom stereocenters. The molecule has 23 heavy (non-hydrogen) atoms. The van der Waals surface area contributed by atoms with Crippen LogP contribution in [-0.2, 0) is 9.53 Å². The molecule has 0 bridgehead atoms. The molecule has 1 saturated heterocycles. The van der Waals surface area contributed by atoms with Crippen molar-refractivity contribution in [3.8, 4) is 5.75 Å². The molecule has 2 rings (SSSR count). The highest BCUT2D eigenvalue weighted by Crippen LogP contribution is 2.42. The smallest absolute Gasteiger partial charge is 0.412 e. The molecular weight excluding hydrogens is 318 g/mol. The molecule has 0 aromatic heterocycles. The summed E-state index contributed by atoms with van der Waals surface area (Å²) in [6, 6.07) is 6.36. The molecule has 126 valence electrons. The van der Waals surface area contributed by atoms with Crippen LogP contribution in [0.2, 0.25) is 0 Å². The van der Waals surface area contributed by atoms with Crippen molar-refractivity contribution in [1.29, 1.82) is 0 Å². The third-order valence-corrected chi connectivity index (χ3v) is 4.59. The molecule has 1 heterocycles. The van der Waals surface area contributed by atoms with Crippen LogP contribution in [0.3, 0.4) is 0 Å². The lowest BCUT2D eigenvalue weighted by molar-refractivity contribution is -0.142. The van der Waals surface area contributed by atoms with Gasteiger partial charge >= 0.3 is 12.1 Å². The summed E-state index contributed by atoms with van der Waals surface area (Å²) in [6.45, 7) is 5.26. The van der Waals surface area contributed by atoms with Crippen molar-refractivity contribution in [3.05, 3.63) is 29.8 Å². The van der Waals surface area contributed by atoms with Crippen molar-refractivity contribution in [2.24, 2.45) is 0 Å². The monoisotopic (exact) mass is 339 g/mol. The van der Waals surface area contributed by atoms with Crippen LogP contribution in [0.1, 0.15) is 31.7 Å². The lowest BCUT2D eigenvalue weighted by Gasteiger charge is -2.30. The number of rotatable bonds is 3. The molecule has 2 atom stereocenters. The Morgan fingerprint density at radius 1 is 1.35 bits per heavy atom. The van der Waals surface area contributed by atoms with E-state index in [1.54, 1.807) is 40.0 Å². The number of thioether (sulfide) groups is 1. The van der Waals surface area contributed by atoms with Crippen LogP contribution in [0, 0.1) is 0 Å². The highest BCUT2D eigenvalue weighted by atomic mass is 32.2. The fourth-order valence-electron chi connectivity index (χ4n) is 2.29. The fraction of sp³-hybridized carbons (Fsp3) is 0.500. The van der Waals surface area contributed by atoms with Crippen LogP contribution in [0.25, 0.3) is 0 Å². The minimum Gasteiger partial charge on any atom is -0.497 e. The molecule has 1 aromatic carbocycles. The Morgan fingerprint density at radius 2 is 2.04 bits per heavy atom. The van der Waals surface area contributed by atoms with Crippen molar-refractivity contribution in [3.63, 3.8) is 0 Å². The average Bonchev–Trinajstić information content (AvgIpc) is 2.90. The topological polar surface area (TPSA) is 76.1 Å². The number of ether oxygens (including phenoxy) is 2. The first-order valence-corrected chi connectivity index (χ1v) is 8.27. The van der Waals surface area contributed by atoms with Crippen molar-refractivity contribution in [2.75, 3.05) is 12.9 Å². The average molecular weight is 339 g/mol. The van der Waals surface area contributed by atoms with Crippen LogP contribution >= 0.6 is 11.8 Å². The van der Waals surface area contributed by atoms with Gasteiger partial charge in [-0.1, -0.05) is 12.1 Å². The maximum absolute atomic E-state index is 12.5. The van der Waals surface area contributed by atoms with E-state index in [0.29, 0.717) is 11.5 Å². The molecule has 1 N–H and O–H groups in total. The Labute approximate surface area is 139 Å².